The van der Waals surface area contributed by atoms with Gasteiger partial charge in [-0.25, -0.2) is 0 Å². The molecule has 2 heterocycles. The van der Waals surface area contributed by atoms with Crippen molar-refractivity contribution in [3.63, 3.8) is 0 Å². The molecule has 0 bridgehead atoms. The van der Waals surface area contributed by atoms with Crippen molar-refractivity contribution in [2.24, 2.45) is 0 Å². The molecule has 0 fully saturated rings. The zero-order valence-corrected chi connectivity index (χ0v) is 10.1. The average molecular weight is 232 g/mol. The lowest BCUT2D eigenvalue weighted by Crippen LogP contribution is -2.13. The summed E-state index contributed by atoms with van der Waals surface area (Å²) in [7, 11) is 0. The van der Waals surface area contributed by atoms with Crippen LogP contribution in [-0.2, 0) is 9.47 Å². The normalized spacial score (nSPS) is 14.4. The Morgan fingerprint density at radius 3 is 2.65 bits per heavy atom. The summed E-state index contributed by atoms with van der Waals surface area (Å²) in [6, 6.07) is 5.17. The van der Waals surface area contributed by atoms with E-state index in [1.165, 1.54) is 19.1 Å². The Bertz CT molecular complexity index is 379. The van der Waals surface area contributed by atoms with Gasteiger partial charge in [0.1, 0.15) is 24.8 Å². The molecule has 0 spiro atoms. The van der Waals surface area contributed by atoms with E-state index in [9.17, 15) is 0 Å². The Kier molecular flexibility index (Phi) is 4.30. The van der Waals surface area contributed by atoms with E-state index in [2.05, 4.69) is 11.5 Å². The first-order valence-corrected chi connectivity index (χ1v) is 6.08. The van der Waals surface area contributed by atoms with Crippen molar-refractivity contribution < 1.29 is 9.47 Å². The van der Waals surface area contributed by atoms with Gasteiger partial charge in [-0.1, -0.05) is 26.2 Å². The zero-order valence-electron chi connectivity index (χ0n) is 10.1. The summed E-state index contributed by atoms with van der Waals surface area (Å²) in [5.41, 5.74) is 0. The van der Waals surface area contributed by atoms with Gasteiger partial charge in [-0.3, -0.25) is 0 Å². The van der Waals surface area contributed by atoms with E-state index in [0.717, 1.165) is 24.6 Å². The van der Waals surface area contributed by atoms with Crippen LogP contribution in [-0.4, -0.2) is 4.57 Å². The largest absolute Gasteiger partial charge is 0.466 e. The van der Waals surface area contributed by atoms with Crippen molar-refractivity contribution in [3.05, 3.63) is 55.1 Å². The van der Waals surface area contributed by atoms with E-state index < -0.39 is 0 Å². The highest BCUT2D eigenvalue weighted by Crippen LogP contribution is 2.26. The van der Waals surface area contributed by atoms with Crippen molar-refractivity contribution in [3.8, 4) is 0 Å². The van der Waals surface area contributed by atoms with Gasteiger partial charge in [0, 0.05) is 12.4 Å². The number of nitrogens with zero attached hydrogens (tertiary/aromatic N) is 1. The molecule has 1 aromatic rings. The highest BCUT2D eigenvalue weighted by atomic mass is 16.5. The number of hydrogen-bond donors (Lipinski definition) is 0. The predicted molar refractivity (Wildman–Crippen MR) is 66.6 cm³/mol. The van der Waals surface area contributed by atoms with Crippen molar-refractivity contribution in [2.75, 3.05) is 0 Å². The van der Waals surface area contributed by atoms with E-state index in [-0.39, 0.29) is 0 Å². The highest BCUT2D eigenvalue weighted by molar-refractivity contribution is 5.21. The van der Waals surface area contributed by atoms with Gasteiger partial charge < -0.3 is 14.0 Å². The molecule has 0 saturated heterocycles. The molecule has 0 saturated carbocycles. The molecule has 91 valence electrons. The second kappa shape index (κ2) is 6.18. The number of rotatable bonds is 6. The molecule has 1 aliphatic heterocycles. The summed E-state index contributed by atoms with van der Waals surface area (Å²) in [6.45, 7) is 2.21. The second-order valence-electron chi connectivity index (χ2n) is 4.00. The minimum atomic E-state index is 0.791. The van der Waals surface area contributed by atoms with Crippen molar-refractivity contribution in [1.82, 2.24) is 4.57 Å². The SMILES string of the molecule is CCCCC[C](C1=COC=CO1)n1cccc1. The highest BCUT2D eigenvalue weighted by Gasteiger charge is 2.19. The Morgan fingerprint density at radius 2 is 2.00 bits per heavy atom. The fraction of sp³-hybridized carbons (Fsp3) is 0.357. The van der Waals surface area contributed by atoms with Gasteiger partial charge in [-0.15, -0.1) is 0 Å². The molecular weight excluding hydrogens is 214 g/mol. The van der Waals surface area contributed by atoms with Gasteiger partial charge in [0.2, 0.25) is 0 Å². The van der Waals surface area contributed by atoms with Crippen LogP contribution in [0.2, 0.25) is 0 Å². The summed E-state index contributed by atoms with van der Waals surface area (Å²) < 4.78 is 12.7. The third-order valence-electron chi connectivity index (χ3n) is 2.72. The number of allylic oxidation sites excluding steroid dienone is 1. The number of unbranched alkanes of at least 4 members (excludes halogenated alkanes) is 2. The maximum absolute atomic E-state index is 5.49. The summed E-state index contributed by atoms with van der Waals surface area (Å²) in [5, 5.41) is 0. The first-order valence-electron chi connectivity index (χ1n) is 6.08. The van der Waals surface area contributed by atoms with Gasteiger partial charge >= 0.3 is 0 Å². The lowest BCUT2D eigenvalue weighted by atomic mass is 10.1. The smallest absolute Gasteiger partial charge is 0.167 e. The van der Waals surface area contributed by atoms with Gasteiger partial charge in [-0.2, -0.15) is 0 Å². The number of hydrogen-bond acceptors (Lipinski definition) is 2. The molecule has 2 rings (SSSR count). The van der Waals surface area contributed by atoms with Crippen molar-refractivity contribution in [1.29, 1.82) is 0 Å². The lowest BCUT2D eigenvalue weighted by molar-refractivity contribution is 0.246. The van der Waals surface area contributed by atoms with Gasteiger partial charge in [0.25, 0.3) is 0 Å². The summed E-state index contributed by atoms with van der Waals surface area (Å²) in [4.78, 5) is 0. The van der Waals surface area contributed by atoms with Crippen LogP contribution >= 0.6 is 0 Å². The lowest BCUT2D eigenvalue weighted by Gasteiger charge is -2.21. The maximum atomic E-state index is 5.49. The third kappa shape index (κ3) is 3.16. The van der Waals surface area contributed by atoms with Crippen molar-refractivity contribution in [2.45, 2.75) is 32.6 Å². The molecule has 1 aliphatic rings. The molecule has 3 heteroatoms. The summed E-state index contributed by atoms with van der Waals surface area (Å²) in [6.07, 6.45) is 13.4. The standard InChI is InChI=1S/C14H18NO2/c1-2-3-4-7-13(15-8-5-6-9-15)14-12-16-10-11-17-14/h5-6,8-12H,2-4,7H2,1H3. The predicted octanol–water partition coefficient (Wildman–Crippen LogP) is 3.81. The Balaban J connectivity index is 2.04. The van der Waals surface area contributed by atoms with E-state index in [4.69, 9.17) is 9.47 Å². The molecule has 1 radical (unpaired) electrons. The number of aromatic nitrogens is 1. The topological polar surface area (TPSA) is 23.4 Å². The molecule has 17 heavy (non-hydrogen) atoms. The van der Waals surface area contributed by atoms with E-state index in [1.54, 1.807) is 12.5 Å². The maximum Gasteiger partial charge on any atom is 0.167 e. The second-order valence-corrected chi connectivity index (χ2v) is 4.00. The van der Waals surface area contributed by atoms with Gasteiger partial charge in [0.15, 0.2) is 5.76 Å². The fourth-order valence-corrected chi connectivity index (χ4v) is 1.83. The molecule has 0 aromatic carbocycles. The van der Waals surface area contributed by atoms with Crippen LogP contribution in [0.4, 0.5) is 0 Å². The molecule has 0 N–H and O–H groups in total. The van der Waals surface area contributed by atoms with Crippen LogP contribution in [0.25, 0.3) is 0 Å². The Morgan fingerprint density at radius 1 is 1.18 bits per heavy atom. The quantitative estimate of drug-likeness (QED) is 0.696. The zero-order chi connectivity index (χ0) is 11.9. The molecule has 3 nitrogen and oxygen atoms in total. The van der Waals surface area contributed by atoms with E-state index >= 15 is 0 Å². The van der Waals surface area contributed by atoms with Crippen LogP contribution in [0.3, 0.4) is 0 Å². The Hall–Kier alpha value is -1.64. The molecule has 0 amide bonds. The monoisotopic (exact) mass is 232 g/mol. The van der Waals surface area contributed by atoms with Crippen LogP contribution in [0, 0.1) is 6.04 Å². The first-order chi connectivity index (χ1) is 8.42. The van der Waals surface area contributed by atoms with Crippen molar-refractivity contribution >= 4 is 0 Å². The van der Waals surface area contributed by atoms with Crippen LogP contribution in [0.15, 0.2) is 49.1 Å². The molecule has 0 aliphatic carbocycles. The van der Waals surface area contributed by atoms with Gasteiger partial charge in [0.05, 0.1) is 0 Å². The van der Waals surface area contributed by atoms with Crippen LogP contribution < -0.4 is 0 Å². The number of ether oxygens (including phenoxy) is 2. The van der Waals surface area contributed by atoms with E-state index in [0.29, 0.717) is 0 Å². The molecular formula is C14H18NO2. The third-order valence-corrected chi connectivity index (χ3v) is 2.72. The summed E-state index contributed by atoms with van der Waals surface area (Å²) in [5.74, 6) is 0.791. The molecule has 1 aromatic heterocycles. The Labute approximate surface area is 102 Å². The van der Waals surface area contributed by atoms with Gasteiger partial charge in [-0.05, 0) is 18.6 Å². The minimum absolute atomic E-state index is 0.791. The summed E-state index contributed by atoms with van der Waals surface area (Å²) >= 11 is 0. The van der Waals surface area contributed by atoms with E-state index in [1.807, 2.05) is 24.5 Å². The first kappa shape index (κ1) is 11.8. The minimum Gasteiger partial charge on any atom is -0.466 e. The van der Waals surface area contributed by atoms with Crippen LogP contribution in [0.1, 0.15) is 32.6 Å². The average Bonchev–Trinajstić information content (AvgIpc) is 2.89. The molecule has 0 atom stereocenters. The molecule has 0 unspecified atom stereocenters. The van der Waals surface area contributed by atoms with Crippen LogP contribution in [0.5, 0.6) is 0 Å². The fourth-order valence-electron chi connectivity index (χ4n) is 1.83.